The first-order valence-electron chi connectivity index (χ1n) is 11.7. The van der Waals surface area contributed by atoms with Gasteiger partial charge in [-0.25, -0.2) is 9.59 Å². The van der Waals surface area contributed by atoms with Crippen LogP contribution in [0.1, 0.15) is 23.4 Å². The van der Waals surface area contributed by atoms with E-state index in [0.29, 0.717) is 0 Å². The second-order valence-electron chi connectivity index (χ2n) is 9.01. The Morgan fingerprint density at radius 3 is 2.12 bits per heavy atom. The molecule has 1 unspecified atom stereocenters. The molecule has 1 fully saturated rings. The lowest BCUT2D eigenvalue weighted by Gasteiger charge is -2.25. The van der Waals surface area contributed by atoms with Gasteiger partial charge in [-0.2, -0.15) is 26.3 Å². The van der Waals surface area contributed by atoms with E-state index in [1.165, 1.54) is 16.9 Å². The molecule has 0 amide bonds. The number of anilines is 1. The number of furan rings is 1. The molecule has 0 aliphatic carbocycles. The number of carboxylic acid groups (broad SMARTS) is 2. The third kappa shape index (κ3) is 7.94. The van der Waals surface area contributed by atoms with Crippen LogP contribution in [0.4, 0.5) is 32.0 Å². The molecular formula is C25H24F6N4O5. The van der Waals surface area contributed by atoms with Crippen LogP contribution in [0.5, 0.6) is 0 Å². The first-order chi connectivity index (χ1) is 18.7. The first kappa shape index (κ1) is 30.4. The second-order valence-corrected chi connectivity index (χ2v) is 9.01. The lowest BCUT2D eigenvalue weighted by molar-refractivity contribution is -0.193. The fourth-order valence-corrected chi connectivity index (χ4v) is 4.48. The summed E-state index contributed by atoms with van der Waals surface area (Å²) < 4.78 is 69.0. The van der Waals surface area contributed by atoms with Crippen molar-refractivity contribution in [1.82, 2.24) is 14.9 Å². The van der Waals surface area contributed by atoms with Crippen LogP contribution in [0.25, 0.3) is 0 Å². The predicted octanol–water partition coefficient (Wildman–Crippen LogP) is 4.50. The molecule has 3 aromatic rings. The van der Waals surface area contributed by atoms with Crippen LogP contribution in [-0.4, -0.2) is 69.0 Å². The molecule has 0 saturated carbocycles. The van der Waals surface area contributed by atoms with Gasteiger partial charge in [-0.3, -0.25) is 14.9 Å². The van der Waals surface area contributed by atoms with E-state index in [4.69, 9.17) is 29.2 Å². The molecule has 5 rings (SSSR count). The fraction of sp³-hybridized carbons (Fsp3) is 0.360. The largest absolute Gasteiger partial charge is 0.490 e. The Balaban J connectivity index is 0.000000263. The third-order valence-electron chi connectivity index (χ3n) is 6.10. The van der Waals surface area contributed by atoms with Crippen molar-refractivity contribution in [3.8, 4) is 0 Å². The van der Waals surface area contributed by atoms with Crippen molar-refractivity contribution >= 4 is 17.6 Å². The molecule has 2 aliphatic rings. The molecule has 9 nitrogen and oxygen atoms in total. The maximum Gasteiger partial charge on any atom is 0.490 e. The summed E-state index contributed by atoms with van der Waals surface area (Å²) in [7, 11) is 0. The number of aliphatic carboxylic acids is 2. The highest BCUT2D eigenvalue weighted by atomic mass is 19.4. The molecule has 40 heavy (non-hydrogen) atoms. The maximum atomic E-state index is 10.6. The van der Waals surface area contributed by atoms with Crippen LogP contribution in [0, 0.1) is 0 Å². The zero-order valence-corrected chi connectivity index (χ0v) is 20.7. The summed E-state index contributed by atoms with van der Waals surface area (Å²) in [4.78, 5) is 31.8. The molecule has 0 radical (unpaired) electrons. The van der Waals surface area contributed by atoms with E-state index >= 15 is 0 Å². The molecule has 1 spiro atoms. The van der Waals surface area contributed by atoms with Crippen LogP contribution in [-0.2, 0) is 28.1 Å². The Labute approximate surface area is 223 Å². The Morgan fingerprint density at radius 2 is 1.57 bits per heavy atom. The highest BCUT2D eigenvalue weighted by molar-refractivity contribution is 5.73. The number of hydrogen-bond donors (Lipinski definition) is 2. The smallest absolute Gasteiger partial charge is 0.475 e. The Kier molecular flexibility index (Phi) is 9.40. The van der Waals surface area contributed by atoms with Crippen LogP contribution in [0.2, 0.25) is 0 Å². The van der Waals surface area contributed by atoms with Gasteiger partial charge >= 0.3 is 24.3 Å². The van der Waals surface area contributed by atoms with Crippen molar-refractivity contribution in [2.75, 3.05) is 24.5 Å². The summed E-state index contributed by atoms with van der Waals surface area (Å²) in [5.41, 5.74) is 3.89. The van der Waals surface area contributed by atoms with Crippen molar-refractivity contribution in [1.29, 1.82) is 0 Å². The molecule has 1 saturated heterocycles. The molecule has 5 heterocycles. The Morgan fingerprint density at radius 1 is 0.925 bits per heavy atom. The van der Waals surface area contributed by atoms with Crippen molar-refractivity contribution in [3.05, 3.63) is 78.3 Å². The summed E-state index contributed by atoms with van der Waals surface area (Å²) >= 11 is 0. The normalized spacial score (nSPS) is 18.4. The van der Waals surface area contributed by atoms with E-state index < -0.39 is 24.3 Å². The summed E-state index contributed by atoms with van der Waals surface area (Å²) in [5.74, 6) is -4.48. The van der Waals surface area contributed by atoms with Gasteiger partial charge in [0.15, 0.2) is 0 Å². The average Bonchev–Trinajstić information content (AvgIpc) is 3.61. The van der Waals surface area contributed by atoms with Crippen LogP contribution in [0.3, 0.4) is 0 Å². The molecule has 0 bridgehead atoms. The van der Waals surface area contributed by atoms with Gasteiger partial charge < -0.3 is 19.5 Å². The Bertz CT molecular complexity index is 1250. The van der Waals surface area contributed by atoms with Gasteiger partial charge in [0.25, 0.3) is 0 Å². The number of halogens is 6. The minimum atomic E-state index is -5.08. The zero-order chi connectivity index (χ0) is 29.6. The quantitative estimate of drug-likeness (QED) is 0.434. The summed E-state index contributed by atoms with van der Waals surface area (Å²) in [6.45, 7) is 4.88. The fourth-order valence-electron chi connectivity index (χ4n) is 4.48. The second kappa shape index (κ2) is 12.4. The monoisotopic (exact) mass is 574 g/mol. The van der Waals surface area contributed by atoms with Crippen molar-refractivity contribution < 1.29 is 50.6 Å². The van der Waals surface area contributed by atoms with E-state index in [-0.39, 0.29) is 5.41 Å². The number of fused-ring (bicyclic) bond motifs is 2. The van der Waals surface area contributed by atoms with Gasteiger partial charge in [-0.05, 0) is 48.9 Å². The van der Waals surface area contributed by atoms with Crippen molar-refractivity contribution in [2.45, 2.75) is 37.3 Å². The van der Waals surface area contributed by atoms with Gasteiger partial charge in [0.1, 0.15) is 5.76 Å². The average molecular weight is 574 g/mol. The predicted molar refractivity (Wildman–Crippen MR) is 127 cm³/mol. The molecule has 1 atom stereocenters. The number of hydrogen-bond acceptors (Lipinski definition) is 7. The molecule has 15 heteroatoms. The number of aromatic nitrogens is 2. The lowest BCUT2D eigenvalue weighted by atomic mass is 9.85. The van der Waals surface area contributed by atoms with Crippen molar-refractivity contribution in [3.63, 3.8) is 0 Å². The van der Waals surface area contributed by atoms with E-state index in [0.717, 1.165) is 44.9 Å². The van der Waals surface area contributed by atoms with Crippen LogP contribution in [0.15, 0.2) is 65.7 Å². The Hall–Kier alpha value is -4.14. The molecule has 2 aliphatic heterocycles. The molecule has 2 N–H and O–H groups in total. The molecular weight excluding hydrogens is 550 g/mol. The highest BCUT2D eigenvalue weighted by Gasteiger charge is 2.48. The van der Waals surface area contributed by atoms with Gasteiger partial charge in [-0.15, -0.1) is 0 Å². The number of likely N-dealkylation sites (tertiary alicyclic amines) is 1. The third-order valence-corrected chi connectivity index (χ3v) is 6.10. The summed E-state index contributed by atoms with van der Waals surface area (Å²) in [6.07, 6.45) is -1.55. The number of rotatable bonds is 4. The number of pyridine rings is 2. The number of carbonyl (C=O) groups is 2. The van der Waals surface area contributed by atoms with Crippen LogP contribution < -0.4 is 4.90 Å². The standard InChI is InChI=1S/C21H22N4O.2C2HF3O2/c1-4-17(12-22-8-1)13-25-16-21(20-19(25)6-2-9-23-20)7-10-24(15-21)14-18-5-3-11-26-18;2*3-2(4,5)1(6)7/h1-6,8-9,11-12H,7,10,13-16H2;2*(H,6,7). The van der Waals surface area contributed by atoms with Crippen molar-refractivity contribution in [2.24, 2.45) is 0 Å². The SMILES string of the molecule is O=C(O)C(F)(F)F.O=C(O)C(F)(F)F.c1cncc(CN2CC3(CCN(Cc4ccco4)C3)c3ncccc32)c1. The number of nitrogens with zero attached hydrogens (tertiary/aromatic N) is 4. The first-order valence-corrected chi connectivity index (χ1v) is 11.7. The molecule has 216 valence electrons. The minimum Gasteiger partial charge on any atom is -0.475 e. The number of carboxylic acids is 2. The zero-order valence-electron chi connectivity index (χ0n) is 20.7. The van der Waals surface area contributed by atoms with E-state index in [1.807, 2.05) is 36.8 Å². The topological polar surface area (TPSA) is 120 Å². The minimum absolute atomic E-state index is 0.116. The van der Waals surface area contributed by atoms with Gasteiger partial charge in [0.2, 0.25) is 0 Å². The number of alkyl halides is 6. The molecule has 0 aromatic carbocycles. The van der Waals surface area contributed by atoms with Gasteiger partial charge in [-0.1, -0.05) is 6.07 Å². The van der Waals surface area contributed by atoms with Gasteiger partial charge in [0, 0.05) is 43.6 Å². The van der Waals surface area contributed by atoms with E-state index in [2.05, 4.69) is 33.0 Å². The summed E-state index contributed by atoms with van der Waals surface area (Å²) in [6, 6.07) is 12.4. The van der Waals surface area contributed by atoms with Gasteiger partial charge in [0.05, 0.1) is 24.2 Å². The highest BCUT2D eigenvalue weighted by Crippen LogP contribution is 2.45. The summed E-state index contributed by atoms with van der Waals surface area (Å²) in [5, 5.41) is 14.2. The van der Waals surface area contributed by atoms with E-state index in [9.17, 15) is 26.3 Å². The lowest BCUT2D eigenvalue weighted by Crippen LogP contribution is -2.36. The maximum absolute atomic E-state index is 10.6. The van der Waals surface area contributed by atoms with Crippen LogP contribution >= 0.6 is 0 Å². The van der Waals surface area contributed by atoms with E-state index in [1.54, 1.807) is 6.26 Å². The molecule has 3 aromatic heterocycles.